The molecule has 0 spiro atoms. The number of thioether (sulfide) groups is 1. The lowest BCUT2D eigenvalue weighted by molar-refractivity contribution is -0.137. The van der Waals surface area contributed by atoms with Crippen molar-refractivity contribution >= 4 is 23.1 Å². The fourth-order valence-corrected chi connectivity index (χ4v) is 4.79. The Morgan fingerprint density at radius 1 is 1.09 bits per heavy atom. The van der Waals surface area contributed by atoms with E-state index >= 15 is 0 Å². The zero-order valence-corrected chi connectivity index (χ0v) is 18.9. The molecule has 166 valence electrons. The van der Waals surface area contributed by atoms with Crippen molar-refractivity contribution in [1.29, 1.82) is 0 Å². The summed E-state index contributed by atoms with van der Waals surface area (Å²) in [5.74, 6) is 1.27. The molecule has 0 aliphatic rings. The van der Waals surface area contributed by atoms with Crippen LogP contribution in [0.1, 0.15) is 22.6 Å². The van der Waals surface area contributed by atoms with Gasteiger partial charge in [0.1, 0.15) is 17.4 Å². The van der Waals surface area contributed by atoms with Crippen molar-refractivity contribution in [3.63, 3.8) is 0 Å². The molecule has 0 bridgehead atoms. The van der Waals surface area contributed by atoms with E-state index in [1.165, 1.54) is 29.5 Å². The predicted octanol–water partition coefficient (Wildman–Crippen LogP) is 6.14. The first-order valence-corrected chi connectivity index (χ1v) is 11.5. The van der Waals surface area contributed by atoms with Gasteiger partial charge in [0.2, 0.25) is 0 Å². The Hall–Kier alpha value is -2.85. The van der Waals surface area contributed by atoms with E-state index in [1.54, 1.807) is 23.0 Å². The van der Waals surface area contributed by atoms with Gasteiger partial charge in [-0.2, -0.15) is 13.2 Å². The molecule has 32 heavy (non-hydrogen) atoms. The molecule has 4 rings (SSSR count). The highest BCUT2D eigenvalue weighted by molar-refractivity contribution is 7.98. The summed E-state index contributed by atoms with van der Waals surface area (Å²) in [7, 11) is 1.80. The van der Waals surface area contributed by atoms with Crippen LogP contribution >= 0.6 is 23.1 Å². The van der Waals surface area contributed by atoms with Crippen LogP contribution in [0.5, 0.6) is 5.75 Å². The summed E-state index contributed by atoms with van der Waals surface area (Å²) in [6.07, 6.45) is -4.41. The predicted molar refractivity (Wildman–Crippen MR) is 119 cm³/mol. The molecular weight excluding hydrogens is 457 g/mol. The zero-order valence-electron chi connectivity index (χ0n) is 17.3. The minimum atomic E-state index is -4.41. The molecule has 0 fully saturated rings. The van der Waals surface area contributed by atoms with Gasteiger partial charge in [-0.3, -0.25) is 0 Å². The number of hydrogen-bond donors (Lipinski definition) is 0. The number of benzene rings is 2. The largest absolute Gasteiger partial charge is 0.486 e. The van der Waals surface area contributed by atoms with E-state index in [1.807, 2.05) is 17.5 Å². The second kappa shape index (κ2) is 9.33. The Morgan fingerprint density at radius 3 is 2.69 bits per heavy atom. The fraction of sp³-hybridized carbons (Fsp3) is 0.227. The number of ether oxygens (including phenoxy) is 1. The SMILES string of the molecule is Cc1ccccc1-c1nc(CSc2nnc(COc3cccc(C(F)(F)F)c3)n2C)cs1. The van der Waals surface area contributed by atoms with Crippen LogP contribution in [0, 0.1) is 6.92 Å². The first-order chi connectivity index (χ1) is 15.3. The van der Waals surface area contributed by atoms with Crippen molar-refractivity contribution in [2.75, 3.05) is 0 Å². The van der Waals surface area contributed by atoms with Crippen molar-refractivity contribution < 1.29 is 17.9 Å². The van der Waals surface area contributed by atoms with Gasteiger partial charge in [0, 0.05) is 23.7 Å². The molecule has 0 aliphatic heterocycles. The van der Waals surface area contributed by atoms with Gasteiger partial charge in [-0.05, 0) is 30.7 Å². The number of aryl methyl sites for hydroxylation is 1. The second-order valence-electron chi connectivity index (χ2n) is 7.02. The number of halogens is 3. The summed E-state index contributed by atoms with van der Waals surface area (Å²) in [6, 6.07) is 12.9. The Kier molecular flexibility index (Phi) is 6.52. The van der Waals surface area contributed by atoms with Gasteiger partial charge in [0.15, 0.2) is 11.0 Å². The number of nitrogens with zero attached hydrogens (tertiary/aromatic N) is 4. The van der Waals surface area contributed by atoms with E-state index in [0.29, 0.717) is 16.7 Å². The van der Waals surface area contributed by atoms with Crippen LogP contribution in [0.25, 0.3) is 10.6 Å². The van der Waals surface area contributed by atoms with Gasteiger partial charge >= 0.3 is 6.18 Å². The van der Waals surface area contributed by atoms with Crippen molar-refractivity contribution in [3.8, 4) is 16.3 Å². The van der Waals surface area contributed by atoms with Crippen LogP contribution in [0.4, 0.5) is 13.2 Å². The molecule has 0 amide bonds. The third-order valence-electron chi connectivity index (χ3n) is 4.73. The normalized spacial score (nSPS) is 11.7. The van der Waals surface area contributed by atoms with Crippen LogP contribution < -0.4 is 4.74 Å². The number of aromatic nitrogens is 4. The molecule has 2 aromatic heterocycles. The molecule has 10 heteroatoms. The lowest BCUT2D eigenvalue weighted by Crippen LogP contribution is -2.07. The summed E-state index contributed by atoms with van der Waals surface area (Å²) < 4.78 is 45.8. The maximum absolute atomic E-state index is 12.9. The summed E-state index contributed by atoms with van der Waals surface area (Å²) in [5.41, 5.74) is 2.50. The first-order valence-electron chi connectivity index (χ1n) is 9.63. The summed E-state index contributed by atoms with van der Waals surface area (Å²) >= 11 is 3.09. The molecule has 0 unspecified atom stereocenters. The smallest absolute Gasteiger partial charge is 0.416 e. The van der Waals surface area contributed by atoms with Crippen LogP contribution in [0.15, 0.2) is 59.1 Å². The quantitative estimate of drug-likeness (QED) is 0.300. The van der Waals surface area contributed by atoms with E-state index in [0.717, 1.165) is 28.4 Å². The lowest BCUT2D eigenvalue weighted by Gasteiger charge is -2.10. The molecule has 2 aromatic carbocycles. The number of hydrogen-bond acceptors (Lipinski definition) is 6. The van der Waals surface area contributed by atoms with Gasteiger partial charge in [0.25, 0.3) is 0 Å². The minimum absolute atomic E-state index is 0.0134. The van der Waals surface area contributed by atoms with E-state index in [2.05, 4.69) is 29.3 Å². The van der Waals surface area contributed by atoms with Crippen molar-refractivity contribution in [1.82, 2.24) is 19.7 Å². The number of rotatable bonds is 7. The van der Waals surface area contributed by atoms with E-state index in [9.17, 15) is 13.2 Å². The highest BCUT2D eigenvalue weighted by atomic mass is 32.2. The molecule has 0 aliphatic carbocycles. The molecule has 0 N–H and O–H groups in total. The van der Waals surface area contributed by atoms with Crippen LogP contribution in [-0.2, 0) is 25.6 Å². The molecule has 0 atom stereocenters. The summed E-state index contributed by atoms with van der Waals surface area (Å²) in [6.45, 7) is 2.08. The second-order valence-corrected chi connectivity index (χ2v) is 8.82. The van der Waals surface area contributed by atoms with Crippen LogP contribution in [-0.4, -0.2) is 19.7 Å². The molecule has 5 nitrogen and oxygen atoms in total. The Labute approximate surface area is 191 Å². The standard InChI is InChI=1S/C22H19F3N4OS2/c1-14-6-3-4-9-18(14)20-26-16(12-31-20)13-32-21-28-27-19(29(21)2)11-30-17-8-5-7-15(10-17)22(23,24)25/h3-10,12H,11,13H2,1-2H3. The average Bonchev–Trinajstić information content (AvgIpc) is 3.37. The minimum Gasteiger partial charge on any atom is -0.486 e. The number of alkyl halides is 3. The highest BCUT2D eigenvalue weighted by Gasteiger charge is 2.30. The summed E-state index contributed by atoms with van der Waals surface area (Å²) in [4.78, 5) is 4.72. The van der Waals surface area contributed by atoms with Crippen molar-refractivity contribution in [2.24, 2.45) is 7.05 Å². The van der Waals surface area contributed by atoms with E-state index in [-0.39, 0.29) is 12.4 Å². The van der Waals surface area contributed by atoms with Gasteiger partial charge in [-0.25, -0.2) is 4.98 Å². The van der Waals surface area contributed by atoms with Gasteiger partial charge in [-0.15, -0.1) is 21.5 Å². The highest BCUT2D eigenvalue weighted by Crippen LogP contribution is 2.32. The average molecular weight is 477 g/mol. The maximum atomic E-state index is 12.9. The van der Waals surface area contributed by atoms with Crippen molar-refractivity contribution in [2.45, 2.75) is 30.6 Å². The third kappa shape index (κ3) is 5.13. The molecular formula is C22H19F3N4OS2. The van der Waals surface area contributed by atoms with E-state index < -0.39 is 11.7 Å². The zero-order chi connectivity index (χ0) is 22.7. The van der Waals surface area contributed by atoms with Gasteiger partial charge in [-0.1, -0.05) is 42.1 Å². The van der Waals surface area contributed by atoms with Gasteiger partial charge < -0.3 is 9.30 Å². The van der Waals surface area contributed by atoms with Gasteiger partial charge in [0.05, 0.1) is 11.3 Å². The lowest BCUT2D eigenvalue weighted by atomic mass is 10.1. The first kappa shape index (κ1) is 22.3. The number of thiazole rings is 1. The molecule has 2 heterocycles. The van der Waals surface area contributed by atoms with E-state index in [4.69, 9.17) is 9.72 Å². The van der Waals surface area contributed by atoms with Crippen LogP contribution in [0.3, 0.4) is 0 Å². The molecule has 0 saturated heterocycles. The maximum Gasteiger partial charge on any atom is 0.416 e. The third-order valence-corrected chi connectivity index (χ3v) is 6.71. The molecule has 0 saturated carbocycles. The van der Waals surface area contributed by atoms with Crippen molar-refractivity contribution in [3.05, 3.63) is 76.6 Å². The molecule has 0 radical (unpaired) electrons. The van der Waals surface area contributed by atoms with Crippen LogP contribution in [0.2, 0.25) is 0 Å². The fourth-order valence-electron chi connectivity index (χ4n) is 2.95. The Balaban J connectivity index is 1.37. The Morgan fingerprint density at radius 2 is 1.91 bits per heavy atom. The molecule has 4 aromatic rings. The monoisotopic (exact) mass is 476 g/mol. The Bertz CT molecular complexity index is 1220. The topological polar surface area (TPSA) is 52.8 Å². The summed E-state index contributed by atoms with van der Waals surface area (Å²) in [5, 5.41) is 12.0.